The Morgan fingerprint density at radius 1 is 1.19 bits per heavy atom. The maximum atomic E-state index is 5.62. The summed E-state index contributed by atoms with van der Waals surface area (Å²) in [5.41, 5.74) is -0.126. The Bertz CT molecular complexity index is 430. The van der Waals surface area contributed by atoms with E-state index < -0.39 is 0 Å². The van der Waals surface area contributed by atoms with Crippen LogP contribution in [0.4, 0.5) is 5.82 Å². The quantitative estimate of drug-likeness (QED) is 0.738. The average molecular weight is 296 g/mol. The maximum Gasteiger partial charge on any atom is 0.218 e. The van der Waals surface area contributed by atoms with E-state index in [2.05, 4.69) is 41.0 Å². The first-order valence-corrected chi connectivity index (χ1v) is 7.23. The maximum absolute atomic E-state index is 5.62. The predicted octanol–water partition coefficient (Wildman–Crippen LogP) is 1.77. The van der Waals surface area contributed by atoms with E-state index in [4.69, 9.17) is 9.47 Å². The molecule has 0 atom stereocenters. The second-order valence-electron chi connectivity index (χ2n) is 6.24. The molecule has 1 heterocycles. The molecule has 0 fully saturated rings. The summed E-state index contributed by atoms with van der Waals surface area (Å²) in [6.07, 6.45) is 0. The highest BCUT2D eigenvalue weighted by Crippen LogP contribution is 2.23. The smallest absolute Gasteiger partial charge is 0.218 e. The van der Waals surface area contributed by atoms with Crippen molar-refractivity contribution in [3.8, 4) is 5.88 Å². The minimum absolute atomic E-state index is 0.126. The van der Waals surface area contributed by atoms with E-state index in [0.717, 1.165) is 24.7 Å². The Morgan fingerprint density at radius 2 is 1.90 bits per heavy atom. The molecule has 0 bridgehead atoms. The lowest BCUT2D eigenvalue weighted by Gasteiger charge is -2.19. The summed E-state index contributed by atoms with van der Waals surface area (Å²) in [7, 11) is 5.74. The van der Waals surface area contributed by atoms with Gasteiger partial charge in [0.15, 0.2) is 0 Å². The number of ether oxygens (including phenoxy) is 2. The minimum atomic E-state index is -0.126. The highest BCUT2D eigenvalue weighted by Gasteiger charge is 2.19. The lowest BCUT2D eigenvalue weighted by Crippen LogP contribution is -2.22. The third-order valence-electron chi connectivity index (χ3n) is 2.78. The summed E-state index contributed by atoms with van der Waals surface area (Å²) in [6, 6.07) is 1.83. The molecular weight excluding hydrogens is 268 g/mol. The number of rotatable bonds is 8. The zero-order valence-corrected chi connectivity index (χ0v) is 14.1. The van der Waals surface area contributed by atoms with Crippen molar-refractivity contribution in [1.29, 1.82) is 0 Å². The van der Waals surface area contributed by atoms with E-state index in [-0.39, 0.29) is 5.41 Å². The van der Waals surface area contributed by atoms with Crippen LogP contribution >= 0.6 is 0 Å². The Labute approximate surface area is 127 Å². The number of hydrogen-bond acceptors (Lipinski definition) is 6. The van der Waals surface area contributed by atoms with E-state index in [1.807, 2.05) is 20.2 Å². The molecule has 0 radical (unpaired) electrons. The number of likely N-dealkylation sites (N-methyl/N-ethyl adjacent to an activating group) is 1. The van der Waals surface area contributed by atoms with Crippen LogP contribution in [0.15, 0.2) is 6.07 Å². The molecule has 21 heavy (non-hydrogen) atoms. The standard InChI is InChI=1S/C15H28N4O2/c1-15(2,3)14-17-12(16-7-8-19(4)5)11-13(18-14)21-10-9-20-6/h11H,7-10H2,1-6H3,(H,16,17,18). The van der Waals surface area contributed by atoms with Gasteiger partial charge < -0.3 is 19.7 Å². The molecule has 0 aliphatic heterocycles. The topological polar surface area (TPSA) is 59.5 Å². The van der Waals surface area contributed by atoms with E-state index >= 15 is 0 Å². The first-order chi connectivity index (χ1) is 9.82. The van der Waals surface area contributed by atoms with Gasteiger partial charge >= 0.3 is 0 Å². The number of methoxy groups -OCH3 is 1. The molecule has 0 aromatic carbocycles. The third kappa shape index (κ3) is 6.73. The van der Waals surface area contributed by atoms with Crippen LogP contribution in [0.2, 0.25) is 0 Å². The predicted molar refractivity (Wildman–Crippen MR) is 85.1 cm³/mol. The van der Waals surface area contributed by atoms with Crippen molar-refractivity contribution in [2.75, 3.05) is 52.8 Å². The molecule has 0 aliphatic carbocycles. The molecule has 0 saturated carbocycles. The van der Waals surface area contributed by atoms with Crippen LogP contribution in [-0.2, 0) is 10.2 Å². The average Bonchev–Trinajstić information content (AvgIpc) is 2.37. The number of aromatic nitrogens is 2. The minimum Gasteiger partial charge on any atom is -0.475 e. The van der Waals surface area contributed by atoms with E-state index in [0.29, 0.717) is 19.1 Å². The number of nitrogens with one attached hydrogen (secondary N) is 1. The van der Waals surface area contributed by atoms with Gasteiger partial charge in [0, 0.05) is 31.7 Å². The van der Waals surface area contributed by atoms with Crippen molar-refractivity contribution in [3.63, 3.8) is 0 Å². The van der Waals surface area contributed by atoms with Crippen LogP contribution < -0.4 is 10.1 Å². The molecule has 1 N–H and O–H groups in total. The van der Waals surface area contributed by atoms with Crippen molar-refractivity contribution in [2.45, 2.75) is 26.2 Å². The van der Waals surface area contributed by atoms with Crippen molar-refractivity contribution in [2.24, 2.45) is 0 Å². The van der Waals surface area contributed by atoms with Gasteiger partial charge in [0.2, 0.25) is 5.88 Å². The SMILES string of the molecule is COCCOc1cc(NCCN(C)C)nc(C(C)(C)C)n1. The second-order valence-corrected chi connectivity index (χ2v) is 6.24. The summed E-state index contributed by atoms with van der Waals surface area (Å²) < 4.78 is 10.6. The van der Waals surface area contributed by atoms with Crippen LogP contribution in [0.3, 0.4) is 0 Å². The summed E-state index contributed by atoms with van der Waals surface area (Å²) in [4.78, 5) is 11.2. The van der Waals surface area contributed by atoms with Crippen LogP contribution in [0.5, 0.6) is 5.88 Å². The fraction of sp³-hybridized carbons (Fsp3) is 0.733. The first kappa shape index (κ1) is 17.7. The molecule has 0 amide bonds. The fourth-order valence-corrected chi connectivity index (χ4v) is 1.56. The van der Waals surface area contributed by atoms with Gasteiger partial charge in [0.1, 0.15) is 18.2 Å². The molecule has 1 rings (SSSR count). The van der Waals surface area contributed by atoms with Crippen molar-refractivity contribution >= 4 is 5.82 Å². The highest BCUT2D eigenvalue weighted by molar-refractivity contribution is 5.39. The van der Waals surface area contributed by atoms with Gasteiger partial charge in [-0.3, -0.25) is 0 Å². The number of anilines is 1. The Kier molecular flexibility index (Phi) is 6.84. The molecule has 0 aliphatic rings. The summed E-state index contributed by atoms with van der Waals surface area (Å²) in [5.74, 6) is 2.15. The van der Waals surface area contributed by atoms with Crippen LogP contribution in [0.25, 0.3) is 0 Å². The molecule has 6 heteroatoms. The Hall–Kier alpha value is -1.40. The highest BCUT2D eigenvalue weighted by atomic mass is 16.5. The van der Waals surface area contributed by atoms with Crippen molar-refractivity contribution < 1.29 is 9.47 Å². The molecule has 6 nitrogen and oxygen atoms in total. The van der Waals surface area contributed by atoms with Gasteiger partial charge in [0.05, 0.1) is 6.61 Å². The van der Waals surface area contributed by atoms with E-state index in [1.165, 1.54) is 0 Å². The summed E-state index contributed by atoms with van der Waals surface area (Å²) in [6.45, 7) is 9.05. The molecule has 1 aromatic rings. The van der Waals surface area contributed by atoms with Gasteiger partial charge in [-0.05, 0) is 14.1 Å². The molecule has 1 aromatic heterocycles. The van der Waals surface area contributed by atoms with Gasteiger partial charge in [-0.15, -0.1) is 0 Å². The number of nitrogens with zero attached hydrogens (tertiary/aromatic N) is 3. The Balaban J connectivity index is 2.82. The fourth-order valence-electron chi connectivity index (χ4n) is 1.56. The summed E-state index contributed by atoms with van der Waals surface area (Å²) >= 11 is 0. The van der Waals surface area contributed by atoms with Gasteiger partial charge in [-0.2, -0.15) is 4.98 Å². The Morgan fingerprint density at radius 3 is 2.48 bits per heavy atom. The zero-order chi connectivity index (χ0) is 15.9. The van der Waals surface area contributed by atoms with Crippen LogP contribution in [0.1, 0.15) is 26.6 Å². The molecule has 0 spiro atoms. The second kappa shape index (κ2) is 8.14. The van der Waals surface area contributed by atoms with Crippen LogP contribution in [-0.4, -0.2) is 62.4 Å². The van der Waals surface area contributed by atoms with Gasteiger partial charge in [-0.1, -0.05) is 20.8 Å². The molecular formula is C15H28N4O2. The van der Waals surface area contributed by atoms with Crippen LogP contribution in [0, 0.1) is 0 Å². The lowest BCUT2D eigenvalue weighted by molar-refractivity contribution is 0.143. The van der Waals surface area contributed by atoms with Gasteiger partial charge in [-0.25, -0.2) is 4.98 Å². The van der Waals surface area contributed by atoms with Crippen molar-refractivity contribution in [1.82, 2.24) is 14.9 Å². The monoisotopic (exact) mass is 296 g/mol. The summed E-state index contributed by atoms with van der Waals surface area (Å²) in [5, 5.41) is 3.32. The largest absolute Gasteiger partial charge is 0.475 e. The zero-order valence-electron chi connectivity index (χ0n) is 14.1. The van der Waals surface area contributed by atoms with Crippen molar-refractivity contribution in [3.05, 3.63) is 11.9 Å². The number of hydrogen-bond donors (Lipinski definition) is 1. The molecule has 120 valence electrons. The molecule has 0 saturated heterocycles. The molecule has 0 unspecified atom stereocenters. The van der Waals surface area contributed by atoms with Gasteiger partial charge in [0.25, 0.3) is 0 Å². The van der Waals surface area contributed by atoms with E-state index in [9.17, 15) is 0 Å². The lowest BCUT2D eigenvalue weighted by atomic mass is 9.96. The van der Waals surface area contributed by atoms with E-state index in [1.54, 1.807) is 7.11 Å². The normalized spacial score (nSPS) is 11.8. The third-order valence-corrected chi connectivity index (χ3v) is 2.78. The first-order valence-electron chi connectivity index (χ1n) is 7.23.